The molecule has 4 rings (SSSR count). The third kappa shape index (κ3) is 3.81. The summed E-state index contributed by atoms with van der Waals surface area (Å²) in [4.78, 5) is 24.8. The molecule has 0 bridgehead atoms. The van der Waals surface area contributed by atoms with Gasteiger partial charge < -0.3 is 26.4 Å². The first-order valence-electron chi connectivity index (χ1n) is 9.56. The van der Waals surface area contributed by atoms with Crippen molar-refractivity contribution in [3.05, 3.63) is 71.8 Å². The molecule has 0 aliphatic rings. The van der Waals surface area contributed by atoms with Gasteiger partial charge in [0.2, 0.25) is 0 Å². The maximum Gasteiger partial charge on any atom is 0.317 e. The number of fused-ring (bicyclic) bond motifs is 2. The van der Waals surface area contributed by atoms with Crippen molar-refractivity contribution < 1.29 is 24.5 Å². The van der Waals surface area contributed by atoms with E-state index in [-0.39, 0.29) is 24.3 Å². The Balaban J connectivity index is 1.53. The fourth-order valence-electron chi connectivity index (χ4n) is 3.77. The molecule has 0 aliphatic carbocycles. The Morgan fingerprint density at radius 3 is 1.52 bits per heavy atom. The summed E-state index contributed by atoms with van der Waals surface area (Å²) in [6.07, 6.45) is -0.315. The third-order valence-electron chi connectivity index (χ3n) is 5.18. The Morgan fingerprint density at radius 2 is 1.10 bits per heavy atom. The van der Waals surface area contributed by atoms with Gasteiger partial charge in [-0.2, -0.15) is 0 Å². The second-order valence-corrected chi connectivity index (χ2v) is 7.23. The molecule has 0 amide bonds. The van der Waals surface area contributed by atoms with Gasteiger partial charge in [-0.25, -0.2) is 0 Å². The second-order valence-electron chi connectivity index (χ2n) is 7.23. The van der Waals surface area contributed by atoms with Crippen LogP contribution in [0.4, 0.5) is 11.4 Å². The van der Waals surface area contributed by atoms with Crippen molar-refractivity contribution in [2.75, 3.05) is 11.5 Å². The largest absolute Gasteiger partial charge is 0.507 e. The highest BCUT2D eigenvalue weighted by Gasteiger charge is 2.17. The molecule has 0 aliphatic heterocycles. The van der Waals surface area contributed by atoms with Crippen LogP contribution in [0.1, 0.15) is 11.1 Å². The Labute approximate surface area is 177 Å². The number of esters is 2. The van der Waals surface area contributed by atoms with E-state index in [9.17, 15) is 19.8 Å². The van der Waals surface area contributed by atoms with Crippen molar-refractivity contribution in [2.45, 2.75) is 12.8 Å². The number of rotatable bonds is 4. The maximum atomic E-state index is 12.4. The van der Waals surface area contributed by atoms with Gasteiger partial charge in [0, 0.05) is 22.1 Å². The van der Waals surface area contributed by atoms with Gasteiger partial charge in [0.1, 0.15) is 11.5 Å². The summed E-state index contributed by atoms with van der Waals surface area (Å²) in [7, 11) is 0. The molecule has 4 aromatic rings. The highest BCUT2D eigenvalue weighted by atomic mass is 16.6. The zero-order valence-corrected chi connectivity index (χ0v) is 16.5. The highest BCUT2D eigenvalue weighted by Crippen LogP contribution is 2.33. The standard InChI is InChI=1S/C24H20N2O5/c25-17-9-7-13(15-3-1-5-19(27)23(15)17)11-21(29)31-22(30)12-14-8-10-18(26)24-16(14)4-2-6-20(24)28/h1-10,27-28H,11-12,25-26H2. The predicted molar refractivity (Wildman–Crippen MR) is 119 cm³/mol. The molecule has 0 radical (unpaired) electrons. The van der Waals surface area contributed by atoms with Crippen molar-refractivity contribution in [1.82, 2.24) is 0 Å². The maximum absolute atomic E-state index is 12.4. The van der Waals surface area contributed by atoms with Crippen LogP contribution in [0.15, 0.2) is 60.7 Å². The van der Waals surface area contributed by atoms with Crippen molar-refractivity contribution in [1.29, 1.82) is 0 Å². The minimum absolute atomic E-state index is 0.0137. The van der Waals surface area contributed by atoms with E-state index in [1.807, 2.05) is 0 Å². The lowest BCUT2D eigenvalue weighted by Crippen LogP contribution is -2.16. The average molecular weight is 416 g/mol. The lowest BCUT2D eigenvalue weighted by Gasteiger charge is -2.11. The number of nitrogen functional groups attached to an aromatic ring is 2. The summed E-state index contributed by atoms with van der Waals surface area (Å²) in [6.45, 7) is 0. The number of carbonyl (C=O) groups excluding carboxylic acids is 2. The molecule has 0 fully saturated rings. The van der Waals surface area contributed by atoms with E-state index < -0.39 is 11.9 Å². The molecule has 7 nitrogen and oxygen atoms in total. The average Bonchev–Trinajstić information content (AvgIpc) is 2.72. The van der Waals surface area contributed by atoms with E-state index in [1.165, 1.54) is 12.1 Å². The molecule has 0 saturated heterocycles. The van der Waals surface area contributed by atoms with Gasteiger partial charge in [-0.15, -0.1) is 0 Å². The quantitative estimate of drug-likeness (QED) is 0.227. The number of hydrogen-bond donors (Lipinski definition) is 4. The van der Waals surface area contributed by atoms with Gasteiger partial charge in [-0.1, -0.05) is 36.4 Å². The normalized spacial score (nSPS) is 11.0. The number of anilines is 2. The number of nitrogens with two attached hydrogens (primary N) is 2. The Hall–Kier alpha value is -4.26. The van der Waals surface area contributed by atoms with Gasteiger partial charge in [0.25, 0.3) is 0 Å². The highest BCUT2D eigenvalue weighted by molar-refractivity contribution is 6.03. The van der Waals surface area contributed by atoms with Gasteiger partial charge in [-0.3, -0.25) is 9.59 Å². The van der Waals surface area contributed by atoms with Crippen LogP contribution < -0.4 is 11.5 Å². The van der Waals surface area contributed by atoms with Crippen LogP contribution in [0.3, 0.4) is 0 Å². The fraction of sp³-hybridized carbons (Fsp3) is 0.0833. The smallest absolute Gasteiger partial charge is 0.317 e. The SMILES string of the molecule is Nc1ccc(CC(=O)OC(=O)Cc2ccc(N)c3c(O)cccc23)c2cccc(O)c12. The topological polar surface area (TPSA) is 136 Å². The van der Waals surface area contributed by atoms with Crippen LogP contribution in [0.25, 0.3) is 21.5 Å². The fourth-order valence-corrected chi connectivity index (χ4v) is 3.77. The monoisotopic (exact) mass is 416 g/mol. The van der Waals surface area contributed by atoms with E-state index in [4.69, 9.17) is 16.2 Å². The molecule has 0 aromatic heterocycles. The molecular formula is C24H20N2O5. The van der Waals surface area contributed by atoms with Crippen LogP contribution in [0.5, 0.6) is 11.5 Å². The van der Waals surface area contributed by atoms with Gasteiger partial charge in [-0.05, 0) is 46.2 Å². The summed E-state index contributed by atoms with van der Waals surface area (Å²) < 4.78 is 5.01. The molecule has 0 atom stereocenters. The molecule has 0 heterocycles. The second kappa shape index (κ2) is 7.87. The van der Waals surface area contributed by atoms with Crippen LogP contribution in [0, 0.1) is 0 Å². The van der Waals surface area contributed by atoms with E-state index >= 15 is 0 Å². The molecule has 6 N–H and O–H groups in total. The summed E-state index contributed by atoms with van der Waals surface area (Å²) in [5.74, 6) is -1.41. The molecule has 156 valence electrons. The number of ether oxygens (including phenoxy) is 1. The molecule has 0 saturated carbocycles. The molecule has 0 unspecified atom stereocenters. The zero-order chi connectivity index (χ0) is 22.1. The first-order valence-corrected chi connectivity index (χ1v) is 9.56. The van der Waals surface area contributed by atoms with Crippen molar-refractivity contribution in [3.8, 4) is 11.5 Å². The van der Waals surface area contributed by atoms with Crippen LogP contribution >= 0.6 is 0 Å². The number of carbonyl (C=O) groups is 2. The van der Waals surface area contributed by atoms with E-state index in [0.717, 1.165) is 0 Å². The number of benzene rings is 4. The van der Waals surface area contributed by atoms with Crippen molar-refractivity contribution in [2.24, 2.45) is 0 Å². The summed E-state index contributed by atoms with van der Waals surface area (Å²) >= 11 is 0. The lowest BCUT2D eigenvalue weighted by molar-refractivity contribution is -0.158. The first-order chi connectivity index (χ1) is 14.8. The minimum Gasteiger partial charge on any atom is -0.507 e. The third-order valence-corrected chi connectivity index (χ3v) is 5.18. The summed E-state index contributed by atoms with van der Waals surface area (Å²) in [5.41, 5.74) is 13.8. The number of phenols is 2. The summed E-state index contributed by atoms with van der Waals surface area (Å²) in [5, 5.41) is 22.3. The van der Waals surface area contributed by atoms with Crippen LogP contribution in [-0.4, -0.2) is 22.2 Å². The van der Waals surface area contributed by atoms with Crippen molar-refractivity contribution >= 4 is 44.9 Å². The van der Waals surface area contributed by atoms with Crippen LogP contribution in [-0.2, 0) is 27.2 Å². The minimum atomic E-state index is -0.720. The van der Waals surface area contributed by atoms with Gasteiger partial charge in [0.15, 0.2) is 0 Å². The Kier molecular flexibility index (Phi) is 5.09. The van der Waals surface area contributed by atoms with E-state index in [0.29, 0.717) is 44.0 Å². The molecule has 31 heavy (non-hydrogen) atoms. The van der Waals surface area contributed by atoms with E-state index in [1.54, 1.807) is 48.5 Å². The molecular weight excluding hydrogens is 396 g/mol. The Morgan fingerprint density at radius 1 is 0.677 bits per heavy atom. The summed E-state index contributed by atoms with van der Waals surface area (Å²) in [6, 6.07) is 16.3. The van der Waals surface area contributed by atoms with Crippen molar-refractivity contribution in [3.63, 3.8) is 0 Å². The molecule has 4 aromatic carbocycles. The molecule has 0 spiro atoms. The number of aromatic hydroxyl groups is 2. The first kappa shape index (κ1) is 20.0. The van der Waals surface area contributed by atoms with Gasteiger partial charge >= 0.3 is 11.9 Å². The Bertz CT molecular complexity index is 1230. The zero-order valence-electron chi connectivity index (χ0n) is 16.5. The lowest BCUT2D eigenvalue weighted by atomic mass is 9.99. The van der Waals surface area contributed by atoms with Crippen LogP contribution in [0.2, 0.25) is 0 Å². The van der Waals surface area contributed by atoms with E-state index in [2.05, 4.69) is 0 Å². The van der Waals surface area contributed by atoms with Gasteiger partial charge in [0.05, 0.1) is 12.8 Å². The number of hydrogen-bond acceptors (Lipinski definition) is 7. The molecule has 7 heteroatoms. The number of phenolic OH excluding ortho intramolecular Hbond substituents is 2. The predicted octanol–water partition coefficient (Wildman–Crippen LogP) is 3.42.